The molecule has 0 atom stereocenters. The van der Waals surface area contributed by atoms with Crippen molar-refractivity contribution in [2.75, 3.05) is 0 Å². The van der Waals surface area contributed by atoms with Gasteiger partial charge in [-0.15, -0.1) is 0 Å². The van der Waals surface area contributed by atoms with Crippen LogP contribution in [0.1, 0.15) is 0 Å². The Morgan fingerprint density at radius 3 is 0.308 bits per heavy atom. The summed E-state index contributed by atoms with van der Waals surface area (Å²) in [6.45, 7) is 28.5. The van der Waals surface area contributed by atoms with Gasteiger partial charge < -0.3 is 71.0 Å². The molecule has 6 nitrogen and oxygen atoms in total. The molecule has 7 heteroatoms. The molecule has 0 aromatic heterocycles. The van der Waals surface area contributed by atoms with Gasteiger partial charge in [0.05, 0.1) is 0 Å². The van der Waals surface area contributed by atoms with E-state index in [1.807, 2.05) is 0 Å². The minimum atomic E-state index is 0. The van der Waals surface area contributed by atoms with Crippen LogP contribution in [0.15, 0.2) is 0 Å². The van der Waals surface area contributed by atoms with E-state index in [9.17, 15) is 0 Å². The number of rotatable bonds is 0. The summed E-state index contributed by atoms with van der Waals surface area (Å²) in [5.41, 5.74) is 0. The van der Waals surface area contributed by atoms with E-state index in [0.29, 0.717) is 0 Å². The molecule has 0 aliphatic heterocycles. The minimum absolute atomic E-state index is 0. The van der Waals surface area contributed by atoms with Crippen LogP contribution in [-0.4, -0.2) is 0 Å². The zero-order valence-electron chi connectivity index (χ0n) is 6.04. The average molecular weight is 346 g/mol. The SMILES string of the molecule is [C-]#N.[C-]#N.[C-]#N.[C-]#N.[C-]#N.[C-]#N.[Os+4]. The van der Waals surface area contributed by atoms with Crippen LogP contribution in [-0.2, 0) is 19.8 Å². The summed E-state index contributed by atoms with van der Waals surface area (Å²) in [6.07, 6.45) is 0. The second-order valence-corrected chi connectivity index (χ2v) is 0. The number of nitrogens with zero attached hydrogens (tertiary/aromatic N) is 6. The molecule has 0 heterocycles. The summed E-state index contributed by atoms with van der Waals surface area (Å²) < 4.78 is 0. The van der Waals surface area contributed by atoms with Crippen LogP contribution in [0.25, 0.3) is 0 Å². The van der Waals surface area contributed by atoms with Gasteiger partial charge in [-0.3, -0.25) is 0 Å². The van der Waals surface area contributed by atoms with E-state index in [1.54, 1.807) is 0 Å². The molecule has 0 saturated heterocycles. The topological polar surface area (TPSA) is 143 Å². The van der Waals surface area contributed by atoms with Crippen molar-refractivity contribution in [3.63, 3.8) is 0 Å². The van der Waals surface area contributed by atoms with Crippen LogP contribution in [0.2, 0.25) is 0 Å². The monoisotopic (exact) mass is 348 g/mol. The van der Waals surface area contributed by atoms with Gasteiger partial charge in [-0.25, -0.2) is 0 Å². The molecular weight excluding hydrogens is 346 g/mol. The van der Waals surface area contributed by atoms with E-state index in [4.69, 9.17) is 71.0 Å². The Morgan fingerprint density at radius 2 is 0.308 bits per heavy atom. The second-order valence-electron chi connectivity index (χ2n) is 0. The molecule has 0 saturated carbocycles. The molecule has 0 bridgehead atoms. The summed E-state index contributed by atoms with van der Waals surface area (Å²) in [5.74, 6) is 0. The van der Waals surface area contributed by atoms with Gasteiger partial charge >= 0.3 is 19.8 Å². The van der Waals surface area contributed by atoms with Gasteiger partial charge in [0.2, 0.25) is 0 Å². The van der Waals surface area contributed by atoms with E-state index in [2.05, 4.69) is 0 Å². The third kappa shape index (κ3) is 93.6. The first-order chi connectivity index (χ1) is 6.00. The van der Waals surface area contributed by atoms with E-state index in [-0.39, 0.29) is 19.8 Å². The molecule has 0 rings (SSSR count). The molecular formula is C6N6Os-2. The van der Waals surface area contributed by atoms with Crippen LogP contribution < -0.4 is 0 Å². The summed E-state index contributed by atoms with van der Waals surface area (Å²) in [6, 6.07) is 0. The molecule has 0 aromatic rings. The van der Waals surface area contributed by atoms with Gasteiger partial charge in [0.1, 0.15) is 0 Å². The van der Waals surface area contributed by atoms with Gasteiger partial charge in [0.15, 0.2) is 0 Å². The Balaban J connectivity index is -0.00000000655. The Hall–Kier alpha value is -2.42. The van der Waals surface area contributed by atoms with Gasteiger partial charge in [0.25, 0.3) is 0 Å². The first-order valence-electron chi connectivity index (χ1n) is 1.34. The molecule has 64 valence electrons. The van der Waals surface area contributed by atoms with E-state index >= 15 is 0 Å². The van der Waals surface area contributed by atoms with Crippen molar-refractivity contribution in [3.05, 3.63) is 39.4 Å². The molecule has 0 unspecified atom stereocenters. The van der Waals surface area contributed by atoms with E-state index < -0.39 is 0 Å². The summed E-state index contributed by atoms with van der Waals surface area (Å²) in [4.78, 5) is 0. The van der Waals surface area contributed by atoms with Crippen LogP contribution >= 0.6 is 0 Å². The molecule has 0 aliphatic rings. The van der Waals surface area contributed by atoms with Gasteiger partial charge in [0, 0.05) is 0 Å². The first kappa shape index (κ1) is 75.8. The van der Waals surface area contributed by atoms with Crippen molar-refractivity contribution in [1.82, 2.24) is 0 Å². The van der Waals surface area contributed by atoms with E-state index in [1.165, 1.54) is 0 Å². The largest absolute Gasteiger partial charge is 4.00 e. The standard InChI is InChI=1S/6CN.Os/c6*1-2;/q6*-1;+4. The average Bonchev–Trinajstić information content (AvgIpc) is 2.33. The zero-order valence-corrected chi connectivity index (χ0v) is 8.58. The predicted octanol–water partition coefficient (Wildman–Crippen LogP) is 0.576. The fourth-order valence-corrected chi connectivity index (χ4v) is 0. The maximum absolute atomic E-state index is 6.25. The predicted molar refractivity (Wildman–Crippen MR) is 29.8 cm³/mol. The maximum Gasteiger partial charge on any atom is 4.00 e. The van der Waals surface area contributed by atoms with Crippen molar-refractivity contribution in [1.29, 1.82) is 31.6 Å². The van der Waals surface area contributed by atoms with Crippen LogP contribution in [0.3, 0.4) is 0 Å². The third-order valence-electron chi connectivity index (χ3n) is 0. The molecule has 13 heavy (non-hydrogen) atoms. The quantitative estimate of drug-likeness (QED) is 0.587. The van der Waals surface area contributed by atoms with Crippen LogP contribution in [0, 0.1) is 71.0 Å². The normalized spacial score (nSPS) is 0.923. The Kier molecular flexibility index (Phi) is 699. The van der Waals surface area contributed by atoms with Crippen molar-refractivity contribution in [2.45, 2.75) is 0 Å². The molecule has 0 N–H and O–H groups in total. The molecule has 0 fully saturated rings. The summed E-state index contributed by atoms with van der Waals surface area (Å²) in [7, 11) is 0. The number of hydrogen-bond donors (Lipinski definition) is 0. The first-order valence-corrected chi connectivity index (χ1v) is 1.34. The Labute approximate surface area is 91.1 Å². The van der Waals surface area contributed by atoms with Crippen molar-refractivity contribution >= 4 is 0 Å². The zero-order chi connectivity index (χ0) is 12.0. The van der Waals surface area contributed by atoms with Crippen molar-refractivity contribution in [2.24, 2.45) is 0 Å². The Bertz CT molecular complexity index is 92.1. The fourth-order valence-electron chi connectivity index (χ4n) is 0. The fraction of sp³-hybridized carbons (Fsp3) is 0. The minimum Gasteiger partial charge on any atom is -0.512 e. The van der Waals surface area contributed by atoms with Gasteiger partial charge in [-0.05, 0) is 0 Å². The molecule has 0 aliphatic carbocycles. The van der Waals surface area contributed by atoms with E-state index in [0.717, 1.165) is 0 Å². The Morgan fingerprint density at radius 1 is 0.308 bits per heavy atom. The third-order valence-corrected chi connectivity index (χ3v) is 0. The van der Waals surface area contributed by atoms with Gasteiger partial charge in [-0.2, -0.15) is 0 Å². The summed E-state index contributed by atoms with van der Waals surface area (Å²) >= 11 is 0. The van der Waals surface area contributed by atoms with Crippen LogP contribution in [0.4, 0.5) is 0 Å². The second kappa shape index (κ2) is 120. The molecule has 0 aromatic carbocycles. The van der Waals surface area contributed by atoms with Crippen LogP contribution in [0.5, 0.6) is 0 Å². The van der Waals surface area contributed by atoms with Gasteiger partial charge in [-0.1, -0.05) is 0 Å². The molecule has 0 amide bonds. The molecule has 0 radical (unpaired) electrons. The summed E-state index contributed by atoms with van der Waals surface area (Å²) in [5, 5.41) is 37.5. The molecule has 0 spiro atoms. The van der Waals surface area contributed by atoms with Crippen molar-refractivity contribution < 1.29 is 19.8 Å². The maximum atomic E-state index is 6.25. The smallest absolute Gasteiger partial charge is 0.512 e. The van der Waals surface area contributed by atoms with Crippen molar-refractivity contribution in [3.8, 4) is 0 Å². The number of hydrogen-bond acceptors (Lipinski definition) is 6.